The molecule has 2 nitrogen and oxygen atoms in total. The van der Waals surface area contributed by atoms with E-state index in [-0.39, 0.29) is 0 Å². The van der Waals surface area contributed by atoms with Crippen LogP contribution in [0.5, 0.6) is 0 Å². The molecule has 0 N–H and O–H groups in total. The predicted octanol–water partition coefficient (Wildman–Crippen LogP) is 2.83. The Morgan fingerprint density at radius 3 is 2.47 bits per heavy atom. The molecule has 1 saturated carbocycles. The lowest BCUT2D eigenvalue weighted by Gasteiger charge is -2.34. The van der Waals surface area contributed by atoms with Crippen molar-refractivity contribution < 1.29 is 4.79 Å². The van der Waals surface area contributed by atoms with Crippen molar-refractivity contribution >= 4 is 5.91 Å². The van der Waals surface area contributed by atoms with Crippen LogP contribution in [0.1, 0.15) is 51.9 Å². The van der Waals surface area contributed by atoms with Crippen LogP contribution in [-0.2, 0) is 4.79 Å². The standard InChI is InChI=1S/C13H23NO/c1-11-6-5-9-14(10-11)13(15)12-7-3-2-4-8-12/h11-12H,2-10H2,1H3/t11-/m1/s1. The van der Waals surface area contributed by atoms with Gasteiger partial charge in [0.05, 0.1) is 0 Å². The maximum Gasteiger partial charge on any atom is 0.225 e. The fraction of sp³-hybridized carbons (Fsp3) is 0.923. The van der Waals surface area contributed by atoms with E-state index in [1.807, 2.05) is 0 Å². The van der Waals surface area contributed by atoms with Gasteiger partial charge in [0, 0.05) is 19.0 Å². The van der Waals surface area contributed by atoms with Gasteiger partial charge in [0.2, 0.25) is 5.91 Å². The highest BCUT2D eigenvalue weighted by Gasteiger charge is 2.28. The molecular weight excluding hydrogens is 186 g/mol. The largest absolute Gasteiger partial charge is 0.342 e. The van der Waals surface area contributed by atoms with Gasteiger partial charge in [0.15, 0.2) is 0 Å². The summed E-state index contributed by atoms with van der Waals surface area (Å²) >= 11 is 0. The quantitative estimate of drug-likeness (QED) is 0.650. The number of piperidine rings is 1. The first-order chi connectivity index (χ1) is 7.27. The predicted molar refractivity (Wildman–Crippen MR) is 61.6 cm³/mol. The van der Waals surface area contributed by atoms with Gasteiger partial charge in [-0.15, -0.1) is 0 Å². The summed E-state index contributed by atoms with van der Waals surface area (Å²) in [5.74, 6) is 1.54. The summed E-state index contributed by atoms with van der Waals surface area (Å²) in [6.45, 7) is 4.29. The van der Waals surface area contributed by atoms with Crippen molar-refractivity contribution in [2.75, 3.05) is 13.1 Å². The molecule has 1 aliphatic carbocycles. The van der Waals surface area contributed by atoms with Crippen LogP contribution in [-0.4, -0.2) is 23.9 Å². The molecule has 1 atom stereocenters. The van der Waals surface area contributed by atoms with E-state index in [0.717, 1.165) is 25.9 Å². The van der Waals surface area contributed by atoms with E-state index in [2.05, 4.69) is 11.8 Å². The van der Waals surface area contributed by atoms with E-state index in [1.54, 1.807) is 0 Å². The number of carbonyl (C=O) groups excluding carboxylic acids is 1. The minimum absolute atomic E-state index is 0.365. The average molecular weight is 209 g/mol. The molecule has 2 fully saturated rings. The second-order valence-corrected chi connectivity index (χ2v) is 5.37. The summed E-state index contributed by atoms with van der Waals surface area (Å²) in [4.78, 5) is 14.4. The minimum Gasteiger partial charge on any atom is -0.342 e. The van der Waals surface area contributed by atoms with Crippen LogP contribution in [0.3, 0.4) is 0 Å². The molecule has 0 radical (unpaired) electrons. The van der Waals surface area contributed by atoms with Crippen molar-refractivity contribution in [3.05, 3.63) is 0 Å². The lowest BCUT2D eigenvalue weighted by molar-refractivity contribution is -0.138. The van der Waals surface area contributed by atoms with Crippen LogP contribution in [0.15, 0.2) is 0 Å². The van der Waals surface area contributed by atoms with Crippen LogP contribution in [0.2, 0.25) is 0 Å². The number of likely N-dealkylation sites (tertiary alicyclic amines) is 1. The summed E-state index contributed by atoms with van der Waals surface area (Å²) in [6, 6.07) is 0. The Kier molecular flexibility index (Phi) is 3.66. The highest BCUT2D eigenvalue weighted by Crippen LogP contribution is 2.27. The van der Waals surface area contributed by atoms with Gasteiger partial charge in [0.25, 0.3) is 0 Å². The molecule has 0 aromatic carbocycles. The molecule has 0 bridgehead atoms. The molecule has 1 amide bonds. The molecule has 1 saturated heterocycles. The van der Waals surface area contributed by atoms with Gasteiger partial charge in [0.1, 0.15) is 0 Å². The zero-order valence-corrected chi connectivity index (χ0v) is 9.87. The Bertz CT molecular complexity index is 221. The zero-order valence-electron chi connectivity index (χ0n) is 9.87. The Balaban J connectivity index is 1.88. The highest BCUT2D eigenvalue weighted by atomic mass is 16.2. The first kappa shape index (κ1) is 11.0. The third kappa shape index (κ3) is 2.73. The highest BCUT2D eigenvalue weighted by molar-refractivity contribution is 5.79. The molecule has 0 aromatic rings. The summed E-state index contributed by atoms with van der Waals surface area (Å²) < 4.78 is 0. The minimum atomic E-state index is 0.365. The smallest absolute Gasteiger partial charge is 0.225 e. The molecule has 0 unspecified atom stereocenters. The van der Waals surface area contributed by atoms with E-state index in [1.165, 1.54) is 32.1 Å². The summed E-state index contributed by atoms with van der Waals surface area (Å²) in [6.07, 6.45) is 8.65. The van der Waals surface area contributed by atoms with E-state index >= 15 is 0 Å². The Hall–Kier alpha value is -0.530. The molecule has 1 heterocycles. The maximum absolute atomic E-state index is 12.2. The van der Waals surface area contributed by atoms with Gasteiger partial charge >= 0.3 is 0 Å². The molecular formula is C13H23NO. The van der Waals surface area contributed by atoms with Crippen molar-refractivity contribution in [1.82, 2.24) is 4.90 Å². The zero-order chi connectivity index (χ0) is 10.7. The Morgan fingerprint density at radius 2 is 1.80 bits per heavy atom. The summed E-state index contributed by atoms with van der Waals surface area (Å²) in [5.41, 5.74) is 0. The first-order valence-corrected chi connectivity index (χ1v) is 6.56. The fourth-order valence-electron chi connectivity index (χ4n) is 3.00. The molecule has 86 valence electrons. The average Bonchev–Trinajstić information content (AvgIpc) is 2.29. The van der Waals surface area contributed by atoms with Crippen LogP contribution >= 0.6 is 0 Å². The molecule has 2 rings (SSSR count). The van der Waals surface area contributed by atoms with Crippen LogP contribution in [0.4, 0.5) is 0 Å². The van der Waals surface area contributed by atoms with Crippen molar-refractivity contribution in [2.45, 2.75) is 51.9 Å². The third-order valence-electron chi connectivity index (χ3n) is 3.92. The van der Waals surface area contributed by atoms with Gasteiger partial charge < -0.3 is 4.90 Å². The lowest BCUT2D eigenvalue weighted by Crippen LogP contribution is -2.42. The molecule has 15 heavy (non-hydrogen) atoms. The number of rotatable bonds is 1. The number of amides is 1. The lowest BCUT2D eigenvalue weighted by atomic mass is 9.87. The van der Waals surface area contributed by atoms with Crippen LogP contribution < -0.4 is 0 Å². The van der Waals surface area contributed by atoms with Gasteiger partial charge in [-0.3, -0.25) is 4.79 Å². The number of hydrogen-bond donors (Lipinski definition) is 0. The second kappa shape index (κ2) is 5.00. The molecule has 0 spiro atoms. The second-order valence-electron chi connectivity index (χ2n) is 5.37. The topological polar surface area (TPSA) is 20.3 Å². The molecule has 2 aliphatic rings. The van der Waals surface area contributed by atoms with E-state index in [4.69, 9.17) is 0 Å². The molecule has 2 heteroatoms. The summed E-state index contributed by atoms with van der Waals surface area (Å²) in [7, 11) is 0. The van der Waals surface area contributed by atoms with E-state index < -0.39 is 0 Å². The van der Waals surface area contributed by atoms with Crippen LogP contribution in [0, 0.1) is 11.8 Å². The Labute approximate surface area is 93.0 Å². The first-order valence-electron chi connectivity index (χ1n) is 6.56. The van der Waals surface area contributed by atoms with Crippen molar-refractivity contribution in [3.8, 4) is 0 Å². The van der Waals surface area contributed by atoms with Gasteiger partial charge in [-0.05, 0) is 31.6 Å². The number of carbonyl (C=O) groups is 1. The van der Waals surface area contributed by atoms with Crippen molar-refractivity contribution in [1.29, 1.82) is 0 Å². The summed E-state index contributed by atoms with van der Waals surface area (Å²) in [5, 5.41) is 0. The van der Waals surface area contributed by atoms with Gasteiger partial charge in [-0.25, -0.2) is 0 Å². The third-order valence-corrected chi connectivity index (χ3v) is 3.92. The maximum atomic E-state index is 12.2. The monoisotopic (exact) mass is 209 g/mol. The molecule has 0 aromatic heterocycles. The van der Waals surface area contributed by atoms with Gasteiger partial charge in [-0.2, -0.15) is 0 Å². The number of hydrogen-bond acceptors (Lipinski definition) is 1. The Morgan fingerprint density at radius 1 is 1.07 bits per heavy atom. The van der Waals surface area contributed by atoms with Gasteiger partial charge in [-0.1, -0.05) is 26.2 Å². The number of nitrogens with zero attached hydrogens (tertiary/aromatic N) is 1. The van der Waals surface area contributed by atoms with E-state index in [9.17, 15) is 4.79 Å². The normalized spacial score (nSPS) is 29.1. The molecule has 1 aliphatic heterocycles. The van der Waals surface area contributed by atoms with Crippen molar-refractivity contribution in [3.63, 3.8) is 0 Å². The fourth-order valence-corrected chi connectivity index (χ4v) is 3.00. The SMILES string of the molecule is C[C@@H]1CCCN(C(=O)C2CCCCC2)C1. The van der Waals surface area contributed by atoms with Crippen LogP contribution in [0.25, 0.3) is 0 Å². The van der Waals surface area contributed by atoms with Crippen molar-refractivity contribution in [2.24, 2.45) is 11.8 Å². The van der Waals surface area contributed by atoms with E-state index in [0.29, 0.717) is 17.7 Å².